The van der Waals surface area contributed by atoms with E-state index in [9.17, 15) is 41.9 Å². The molecule has 3 aromatic rings. The van der Waals surface area contributed by atoms with Gasteiger partial charge in [0.2, 0.25) is 11.8 Å². The lowest BCUT2D eigenvalue weighted by Gasteiger charge is -2.27. The predicted octanol–water partition coefficient (Wildman–Crippen LogP) is 4.66. The van der Waals surface area contributed by atoms with Gasteiger partial charge in [-0.3, -0.25) is 28.8 Å². The van der Waals surface area contributed by atoms with Crippen LogP contribution >= 0.6 is 11.6 Å². The van der Waals surface area contributed by atoms with Crippen LogP contribution in [0.15, 0.2) is 72.8 Å². The fourth-order valence-electron chi connectivity index (χ4n) is 5.11. The van der Waals surface area contributed by atoms with E-state index in [1.165, 1.54) is 69.5 Å². The lowest BCUT2D eigenvalue weighted by Crippen LogP contribution is -2.55. The summed E-state index contributed by atoms with van der Waals surface area (Å²) in [6, 6.07) is 12.8. The van der Waals surface area contributed by atoms with Crippen LogP contribution in [-0.4, -0.2) is 79.5 Å². The minimum atomic E-state index is -5.25. The van der Waals surface area contributed by atoms with Crippen molar-refractivity contribution in [3.05, 3.63) is 94.5 Å². The summed E-state index contributed by atoms with van der Waals surface area (Å²) in [4.78, 5) is 77.8. The number of Topliss-reactive ketones (excluding diaryl/α,β-unsaturated/α-hetero) is 1. The first-order valence-electron chi connectivity index (χ1n) is 17.3. The summed E-state index contributed by atoms with van der Waals surface area (Å²) in [6.45, 7) is 6.81. The van der Waals surface area contributed by atoms with Crippen molar-refractivity contribution in [1.29, 1.82) is 0 Å². The first-order chi connectivity index (χ1) is 26.2. The molecule has 0 radical (unpaired) electrons. The Morgan fingerprint density at radius 2 is 1.46 bits per heavy atom. The highest BCUT2D eigenvalue weighted by Gasteiger charge is 2.45. The Morgan fingerprint density at radius 1 is 0.804 bits per heavy atom. The van der Waals surface area contributed by atoms with Gasteiger partial charge in [-0.25, -0.2) is 0 Å². The number of carbonyl (C=O) groups excluding carboxylic acids is 6. The number of rotatable bonds is 17. The largest absolute Gasteiger partial charge is 0.497 e. The van der Waals surface area contributed by atoms with Gasteiger partial charge in [-0.2, -0.15) is 13.2 Å². The van der Waals surface area contributed by atoms with Gasteiger partial charge < -0.3 is 35.5 Å². The quantitative estimate of drug-likeness (QED) is 0.141. The van der Waals surface area contributed by atoms with Gasteiger partial charge in [0.15, 0.2) is 6.61 Å². The van der Waals surface area contributed by atoms with Crippen LogP contribution in [0.4, 0.5) is 13.2 Å². The molecule has 0 spiro atoms. The molecule has 0 heterocycles. The van der Waals surface area contributed by atoms with E-state index in [1.54, 1.807) is 45.0 Å². The lowest BCUT2D eigenvalue weighted by molar-refractivity contribution is -0.175. The SMILES string of the molecule is COc1ccc([C@H](NC(=O)[C@H](Cc2cccc(Cl)c2)NC(=O)c2cccc(OCC(=O)NCC(=O)OC(C)(C)C)c2)C(=O)N[C@H](C(=O)C(F)(F)F)C(C)C)cc1. The van der Waals surface area contributed by atoms with Crippen LogP contribution in [0.5, 0.6) is 11.5 Å². The second-order valence-electron chi connectivity index (χ2n) is 13.8. The Morgan fingerprint density at radius 3 is 2.05 bits per heavy atom. The summed E-state index contributed by atoms with van der Waals surface area (Å²) >= 11 is 6.18. The van der Waals surface area contributed by atoms with Crippen LogP contribution < -0.4 is 30.7 Å². The third-order valence-electron chi connectivity index (χ3n) is 7.79. The molecule has 0 bridgehead atoms. The van der Waals surface area contributed by atoms with Crippen LogP contribution in [0.1, 0.15) is 62.1 Å². The summed E-state index contributed by atoms with van der Waals surface area (Å²) in [5.74, 6) is -6.74. The minimum absolute atomic E-state index is 0.00967. The fourth-order valence-corrected chi connectivity index (χ4v) is 5.33. The average Bonchev–Trinajstić information content (AvgIpc) is 3.12. The van der Waals surface area contributed by atoms with Crippen molar-refractivity contribution in [2.75, 3.05) is 20.3 Å². The van der Waals surface area contributed by atoms with Crippen molar-refractivity contribution in [3.8, 4) is 11.5 Å². The Hall–Kier alpha value is -5.64. The highest BCUT2D eigenvalue weighted by molar-refractivity contribution is 6.30. The number of ether oxygens (including phenoxy) is 3. The molecule has 0 aliphatic heterocycles. The van der Waals surface area contributed by atoms with Crippen LogP contribution in [0.25, 0.3) is 0 Å². The number of methoxy groups -OCH3 is 1. The summed E-state index contributed by atoms with van der Waals surface area (Å²) in [5, 5.41) is 9.99. The van der Waals surface area contributed by atoms with E-state index >= 15 is 0 Å². The Bertz CT molecular complexity index is 1880. The number of nitrogens with one attached hydrogen (secondary N) is 4. The normalized spacial score (nSPS) is 13.1. The van der Waals surface area contributed by atoms with Crippen LogP contribution in [-0.2, 0) is 35.1 Å². The summed E-state index contributed by atoms with van der Waals surface area (Å²) in [6.07, 6.45) is -5.39. The van der Waals surface area contributed by atoms with Gasteiger partial charge in [0.1, 0.15) is 35.7 Å². The predicted molar refractivity (Wildman–Crippen MR) is 199 cm³/mol. The van der Waals surface area contributed by atoms with E-state index in [-0.39, 0.29) is 29.8 Å². The average molecular weight is 805 g/mol. The van der Waals surface area contributed by atoms with Gasteiger partial charge in [0, 0.05) is 17.0 Å². The molecule has 4 amide bonds. The molecule has 4 N–H and O–H groups in total. The molecule has 3 rings (SSSR count). The highest BCUT2D eigenvalue weighted by atomic mass is 35.5. The number of ketones is 1. The number of hydrogen-bond acceptors (Lipinski definition) is 9. The maximum atomic E-state index is 14.0. The molecule has 56 heavy (non-hydrogen) atoms. The molecule has 0 aliphatic rings. The summed E-state index contributed by atoms with van der Waals surface area (Å²) in [5.41, 5.74) is -0.0892. The minimum Gasteiger partial charge on any atom is -0.497 e. The number of amides is 4. The van der Waals surface area contributed by atoms with Crippen molar-refractivity contribution in [3.63, 3.8) is 0 Å². The van der Waals surface area contributed by atoms with E-state index in [0.717, 1.165) is 0 Å². The topological polar surface area (TPSA) is 178 Å². The molecular formula is C39H44ClF3N4O9. The molecule has 0 aliphatic carbocycles. The van der Waals surface area contributed by atoms with E-state index in [4.69, 9.17) is 25.8 Å². The first kappa shape index (κ1) is 44.8. The van der Waals surface area contributed by atoms with Crippen molar-refractivity contribution in [1.82, 2.24) is 21.3 Å². The molecular weight excluding hydrogens is 761 g/mol. The smallest absolute Gasteiger partial charge is 0.452 e. The van der Waals surface area contributed by atoms with E-state index in [2.05, 4.69) is 21.3 Å². The number of hydrogen-bond donors (Lipinski definition) is 4. The third-order valence-corrected chi connectivity index (χ3v) is 8.03. The first-order valence-corrected chi connectivity index (χ1v) is 17.7. The van der Waals surface area contributed by atoms with Crippen LogP contribution in [0.3, 0.4) is 0 Å². The fraction of sp³-hybridized carbons (Fsp3) is 0.385. The maximum Gasteiger partial charge on any atom is 0.452 e. The number of alkyl halides is 3. The molecule has 13 nitrogen and oxygen atoms in total. The zero-order valence-corrected chi connectivity index (χ0v) is 32.3. The molecule has 0 saturated carbocycles. The molecule has 17 heteroatoms. The van der Waals surface area contributed by atoms with Crippen molar-refractivity contribution in [2.24, 2.45) is 5.92 Å². The molecule has 3 atom stereocenters. The second-order valence-corrected chi connectivity index (χ2v) is 14.3. The summed E-state index contributed by atoms with van der Waals surface area (Å²) in [7, 11) is 1.40. The molecule has 3 aromatic carbocycles. The highest BCUT2D eigenvalue weighted by Crippen LogP contribution is 2.24. The lowest BCUT2D eigenvalue weighted by atomic mass is 9.97. The van der Waals surface area contributed by atoms with Crippen molar-refractivity contribution >= 4 is 47.0 Å². The van der Waals surface area contributed by atoms with Gasteiger partial charge in [-0.05, 0) is 80.3 Å². The third kappa shape index (κ3) is 14.2. The zero-order chi connectivity index (χ0) is 41.8. The molecule has 0 saturated heterocycles. The summed E-state index contributed by atoms with van der Waals surface area (Å²) < 4.78 is 56.2. The monoisotopic (exact) mass is 804 g/mol. The number of esters is 1. The second kappa shape index (κ2) is 19.8. The van der Waals surface area contributed by atoms with E-state index in [0.29, 0.717) is 16.3 Å². The van der Waals surface area contributed by atoms with Gasteiger partial charge in [-0.1, -0.05) is 55.8 Å². The molecule has 0 unspecified atom stereocenters. The van der Waals surface area contributed by atoms with Crippen LogP contribution in [0, 0.1) is 5.92 Å². The number of carbonyl (C=O) groups is 6. The number of benzene rings is 3. The standard InChI is InChI=1S/C39H44ClF3N4O9/c1-22(2)32(34(50)39(41,42)43)46-37(53)33(24-13-15-27(54-6)16-14-24)47-36(52)29(18-23-9-7-11-26(40)17-23)45-35(51)25-10-8-12-28(19-25)55-21-30(48)44-20-31(49)56-38(3,4)5/h7-17,19,22,29,32-33H,18,20-21H2,1-6H3,(H,44,48)(H,45,51)(H,46,53)(H,47,52)/t29-,32-,33-/m0/s1. The molecule has 0 fully saturated rings. The van der Waals surface area contributed by atoms with Gasteiger partial charge in [0.25, 0.3) is 17.6 Å². The number of halogens is 4. The van der Waals surface area contributed by atoms with E-state index < -0.39 is 77.8 Å². The Labute approximate surface area is 327 Å². The maximum absolute atomic E-state index is 14.0. The Balaban J connectivity index is 1.86. The van der Waals surface area contributed by atoms with Crippen LogP contribution in [0.2, 0.25) is 5.02 Å². The van der Waals surface area contributed by atoms with Gasteiger partial charge >= 0.3 is 12.1 Å². The van der Waals surface area contributed by atoms with Gasteiger partial charge in [-0.15, -0.1) is 0 Å². The molecule has 0 aromatic heterocycles. The van der Waals surface area contributed by atoms with Crippen molar-refractivity contribution < 1.29 is 56.1 Å². The van der Waals surface area contributed by atoms with E-state index in [1.807, 2.05) is 0 Å². The van der Waals surface area contributed by atoms with Crippen molar-refractivity contribution in [2.45, 2.75) is 70.9 Å². The van der Waals surface area contributed by atoms with Gasteiger partial charge in [0.05, 0.1) is 13.2 Å². The Kier molecular flexibility index (Phi) is 15.8. The zero-order valence-electron chi connectivity index (χ0n) is 31.5. The molecule has 302 valence electrons.